The van der Waals surface area contributed by atoms with Crippen LogP contribution < -0.4 is 10.6 Å². The summed E-state index contributed by atoms with van der Waals surface area (Å²) < 4.78 is 0. The van der Waals surface area contributed by atoms with Crippen LogP contribution in [0.2, 0.25) is 0 Å². The zero-order valence-corrected chi connectivity index (χ0v) is 14.6. The number of piperidine rings is 1. The molecule has 1 rings (SSSR count). The lowest BCUT2D eigenvalue weighted by atomic mass is 9.89. The highest BCUT2D eigenvalue weighted by molar-refractivity contribution is 7.81. The molecule has 0 spiro atoms. The summed E-state index contributed by atoms with van der Waals surface area (Å²) in [5.41, 5.74) is 2.70. The Hall–Kier alpha value is -0.670. The second-order valence-corrected chi connectivity index (χ2v) is 5.68. The Morgan fingerprint density at radius 1 is 1.30 bits per heavy atom. The Morgan fingerprint density at radius 2 is 1.90 bits per heavy atom. The van der Waals surface area contributed by atoms with E-state index < -0.39 is 0 Å². The Morgan fingerprint density at radius 3 is 2.40 bits per heavy atom. The molecule has 1 fully saturated rings. The van der Waals surface area contributed by atoms with Gasteiger partial charge in [0.2, 0.25) is 0 Å². The molecule has 0 aromatic carbocycles. The van der Waals surface area contributed by atoms with Gasteiger partial charge in [-0.2, -0.15) is 12.6 Å². The Kier molecular flexibility index (Phi) is 11.7. The smallest absolute Gasteiger partial charge is 0.0368 e. The van der Waals surface area contributed by atoms with Crippen molar-refractivity contribution < 1.29 is 0 Å². The van der Waals surface area contributed by atoms with Gasteiger partial charge in [0.25, 0.3) is 0 Å². The third kappa shape index (κ3) is 7.81. The van der Waals surface area contributed by atoms with Gasteiger partial charge < -0.3 is 10.6 Å². The minimum Gasteiger partial charge on any atom is -0.362 e. The predicted molar refractivity (Wildman–Crippen MR) is 95.2 cm³/mol. The molecule has 0 bridgehead atoms. The molecule has 2 nitrogen and oxygen atoms in total. The lowest BCUT2D eigenvalue weighted by Gasteiger charge is -2.25. The standard InChI is InChI=1S/C15H26N2S.C2H6/c1-4-5-15(17-11-6-12(2)18)13(3)14-7-9-16-10-8-14;1-2/h4-6,11-12,14,16-18H,7-10H2,1-3H3;1-2H3/b5-4-,11-6-,15-13-;. The minimum atomic E-state index is 0.281. The summed E-state index contributed by atoms with van der Waals surface area (Å²) in [6, 6.07) is 0. The lowest BCUT2D eigenvalue weighted by molar-refractivity contribution is 0.417. The van der Waals surface area contributed by atoms with E-state index in [0.717, 1.165) is 13.1 Å². The van der Waals surface area contributed by atoms with E-state index in [1.54, 1.807) is 0 Å². The summed E-state index contributed by atoms with van der Waals surface area (Å²) >= 11 is 4.34. The van der Waals surface area contributed by atoms with Crippen molar-refractivity contribution >= 4 is 12.6 Å². The van der Waals surface area contributed by atoms with Crippen LogP contribution in [0.3, 0.4) is 0 Å². The van der Waals surface area contributed by atoms with Crippen molar-refractivity contribution in [2.24, 2.45) is 5.92 Å². The van der Waals surface area contributed by atoms with Crippen molar-refractivity contribution in [2.45, 2.75) is 52.7 Å². The SMILES string of the molecule is C/C=C\C(N/C=C\C(C)S)=C(/C)C1CCNCC1.CC. The van der Waals surface area contributed by atoms with Crippen LogP contribution in [0.4, 0.5) is 0 Å². The number of allylic oxidation sites excluding steroid dienone is 3. The summed E-state index contributed by atoms with van der Waals surface area (Å²) in [5.74, 6) is 0.701. The molecule has 1 aliphatic rings. The fourth-order valence-corrected chi connectivity index (χ4v) is 2.30. The van der Waals surface area contributed by atoms with Crippen molar-refractivity contribution in [3.8, 4) is 0 Å². The Labute approximate surface area is 131 Å². The molecule has 20 heavy (non-hydrogen) atoms. The zero-order chi connectivity index (χ0) is 15.4. The fraction of sp³-hybridized carbons (Fsp3) is 0.647. The van der Waals surface area contributed by atoms with Gasteiger partial charge in [-0.05, 0) is 70.5 Å². The van der Waals surface area contributed by atoms with Gasteiger partial charge in [0.1, 0.15) is 0 Å². The van der Waals surface area contributed by atoms with Gasteiger partial charge in [0.15, 0.2) is 0 Å². The molecule has 3 heteroatoms. The van der Waals surface area contributed by atoms with Crippen molar-refractivity contribution in [3.05, 3.63) is 35.7 Å². The third-order valence-corrected chi connectivity index (χ3v) is 3.50. The topological polar surface area (TPSA) is 24.1 Å². The first-order chi connectivity index (χ1) is 9.65. The van der Waals surface area contributed by atoms with Crippen molar-refractivity contribution in [3.63, 3.8) is 0 Å². The van der Waals surface area contributed by atoms with E-state index in [2.05, 4.69) is 62.3 Å². The molecule has 2 N–H and O–H groups in total. The van der Waals surface area contributed by atoms with E-state index in [4.69, 9.17) is 0 Å². The number of hydrogen-bond donors (Lipinski definition) is 3. The number of rotatable bonds is 5. The van der Waals surface area contributed by atoms with Crippen LogP contribution in [0.1, 0.15) is 47.5 Å². The average Bonchev–Trinajstić information content (AvgIpc) is 2.48. The van der Waals surface area contributed by atoms with Crippen LogP contribution in [-0.4, -0.2) is 18.3 Å². The maximum absolute atomic E-state index is 4.34. The molecule has 116 valence electrons. The van der Waals surface area contributed by atoms with E-state index in [-0.39, 0.29) is 5.25 Å². The van der Waals surface area contributed by atoms with Crippen molar-refractivity contribution in [1.82, 2.24) is 10.6 Å². The molecular weight excluding hydrogens is 264 g/mol. The van der Waals surface area contributed by atoms with Crippen LogP contribution >= 0.6 is 12.6 Å². The molecule has 1 unspecified atom stereocenters. The molecular formula is C17H32N2S. The first-order valence-electron chi connectivity index (χ1n) is 7.80. The van der Waals surface area contributed by atoms with E-state index >= 15 is 0 Å². The van der Waals surface area contributed by atoms with Crippen LogP contribution in [0.25, 0.3) is 0 Å². The largest absolute Gasteiger partial charge is 0.362 e. The van der Waals surface area contributed by atoms with Gasteiger partial charge in [-0.3, -0.25) is 0 Å². The van der Waals surface area contributed by atoms with Crippen LogP contribution in [-0.2, 0) is 0 Å². The molecule has 0 saturated carbocycles. The molecule has 1 aliphatic heterocycles. The molecule has 0 aliphatic carbocycles. The van der Waals surface area contributed by atoms with Gasteiger partial charge in [0.05, 0.1) is 0 Å². The molecule has 0 aromatic heterocycles. The summed E-state index contributed by atoms with van der Waals surface area (Å²) in [6.07, 6.45) is 10.8. The van der Waals surface area contributed by atoms with Gasteiger partial charge in [-0.25, -0.2) is 0 Å². The van der Waals surface area contributed by atoms with E-state index in [0.29, 0.717) is 5.92 Å². The molecule has 0 amide bonds. The predicted octanol–water partition coefficient (Wildman–Crippen LogP) is 4.28. The quantitative estimate of drug-likeness (QED) is 0.521. The van der Waals surface area contributed by atoms with Crippen LogP contribution in [0, 0.1) is 5.92 Å². The van der Waals surface area contributed by atoms with Crippen LogP contribution in [0.15, 0.2) is 35.7 Å². The maximum Gasteiger partial charge on any atom is 0.0368 e. The van der Waals surface area contributed by atoms with Gasteiger partial charge in [-0.1, -0.05) is 26.0 Å². The first-order valence-corrected chi connectivity index (χ1v) is 8.32. The van der Waals surface area contributed by atoms with Gasteiger partial charge in [-0.15, -0.1) is 0 Å². The fourth-order valence-electron chi connectivity index (χ4n) is 2.21. The summed E-state index contributed by atoms with van der Waals surface area (Å²) in [6.45, 7) is 12.6. The second-order valence-electron chi connectivity index (χ2n) is 4.87. The van der Waals surface area contributed by atoms with Gasteiger partial charge >= 0.3 is 0 Å². The van der Waals surface area contributed by atoms with E-state index in [9.17, 15) is 0 Å². The van der Waals surface area contributed by atoms with Crippen molar-refractivity contribution in [1.29, 1.82) is 0 Å². The molecule has 1 atom stereocenters. The number of thiol groups is 1. The monoisotopic (exact) mass is 296 g/mol. The molecule has 1 heterocycles. The average molecular weight is 297 g/mol. The number of hydrogen-bond acceptors (Lipinski definition) is 3. The maximum atomic E-state index is 4.34. The third-order valence-electron chi connectivity index (χ3n) is 3.32. The highest BCUT2D eigenvalue weighted by Crippen LogP contribution is 2.23. The Bertz CT molecular complexity index is 324. The summed E-state index contributed by atoms with van der Waals surface area (Å²) in [5, 5.41) is 7.09. The Balaban J connectivity index is 0.00000172. The normalized spacial score (nSPS) is 19.5. The molecule has 0 aromatic rings. The molecule has 0 radical (unpaired) electrons. The summed E-state index contributed by atoms with van der Waals surface area (Å²) in [7, 11) is 0. The summed E-state index contributed by atoms with van der Waals surface area (Å²) in [4.78, 5) is 0. The number of nitrogens with one attached hydrogen (secondary N) is 2. The van der Waals surface area contributed by atoms with E-state index in [1.165, 1.54) is 24.1 Å². The van der Waals surface area contributed by atoms with Crippen molar-refractivity contribution in [2.75, 3.05) is 13.1 Å². The second kappa shape index (κ2) is 12.1. The van der Waals surface area contributed by atoms with E-state index in [1.807, 2.05) is 20.0 Å². The van der Waals surface area contributed by atoms with Gasteiger partial charge in [0, 0.05) is 10.9 Å². The lowest BCUT2D eigenvalue weighted by Crippen LogP contribution is -2.29. The zero-order valence-electron chi connectivity index (χ0n) is 13.7. The minimum absolute atomic E-state index is 0.281. The first kappa shape index (κ1) is 19.3. The highest BCUT2D eigenvalue weighted by atomic mass is 32.1. The highest BCUT2D eigenvalue weighted by Gasteiger charge is 2.16. The van der Waals surface area contributed by atoms with Crippen LogP contribution in [0.5, 0.6) is 0 Å². The molecule has 1 saturated heterocycles.